The van der Waals surface area contributed by atoms with Crippen molar-refractivity contribution in [2.24, 2.45) is 0 Å². The first-order valence-corrected chi connectivity index (χ1v) is 9.60. The van der Waals surface area contributed by atoms with Gasteiger partial charge in [-0.1, -0.05) is 37.3 Å². The van der Waals surface area contributed by atoms with E-state index in [0.29, 0.717) is 5.56 Å². The molecule has 2 aromatic heterocycles. The Morgan fingerprint density at radius 2 is 1.59 bits per heavy atom. The predicted molar refractivity (Wildman–Crippen MR) is 116 cm³/mol. The van der Waals surface area contributed by atoms with Crippen molar-refractivity contribution in [3.63, 3.8) is 0 Å². The summed E-state index contributed by atoms with van der Waals surface area (Å²) in [4.78, 5) is 4.61. The van der Waals surface area contributed by atoms with Crippen molar-refractivity contribution in [2.45, 2.75) is 12.8 Å². The summed E-state index contributed by atoms with van der Waals surface area (Å²) in [6, 6.07) is 28.5. The molecule has 0 radical (unpaired) electrons. The molecule has 1 atom stereocenters. The van der Waals surface area contributed by atoms with Crippen LogP contribution in [0.5, 0.6) is 0 Å². The zero-order valence-electron chi connectivity index (χ0n) is 16.0. The zero-order valence-corrected chi connectivity index (χ0v) is 16.0. The van der Waals surface area contributed by atoms with Gasteiger partial charge in [-0.15, -0.1) is 0 Å². The normalized spacial score (nSPS) is 12.1. The monoisotopic (exact) mass is 374 g/mol. The number of hydrogen-bond donors (Lipinski definition) is 0. The van der Waals surface area contributed by atoms with Gasteiger partial charge in [0, 0.05) is 28.5 Å². The highest BCUT2D eigenvalue weighted by Gasteiger charge is 2.12. The summed E-state index contributed by atoms with van der Waals surface area (Å²) < 4.78 is 5.93. The van der Waals surface area contributed by atoms with Crippen molar-refractivity contribution >= 4 is 21.9 Å². The van der Waals surface area contributed by atoms with E-state index >= 15 is 0 Å². The van der Waals surface area contributed by atoms with Gasteiger partial charge in [-0.3, -0.25) is 4.98 Å². The fourth-order valence-electron chi connectivity index (χ4n) is 3.81. The van der Waals surface area contributed by atoms with Crippen LogP contribution in [0.3, 0.4) is 0 Å². The van der Waals surface area contributed by atoms with Gasteiger partial charge in [0.25, 0.3) is 0 Å². The maximum absolute atomic E-state index is 9.23. The van der Waals surface area contributed by atoms with E-state index in [0.717, 1.165) is 33.2 Å². The summed E-state index contributed by atoms with van der Waals surface area (Å²) >= 11 is 0. The van der Waals surface area contributed by atoms with E-state index in [1.165, 1.54) is 11.1 Å². The summed E-state index contributed by atoms with van der Waals surface area (Å²) in [5.41, 5.74) is 6.70. The van der Waals surface area contributed by atoms with Crippen LogP contribution in [0.4, 0.5) is 0 Å². The Labute approximate surface area is 168 Å². The molecule has 0 saturated carbocycles. The van der Waals surface area contributed by atoms with E-state index in [2.05, 4.69) is 60.4 Å². The van der Waals surface area contributed by atoms with E-state index in [-0.39, 0.29) is 5.92 Å². The average Bonchev–Trinajstić information content (AvgIpc) is 3.16. The Morgan fingerprint density at radius 3 is 2.38 bits per heavy atom. The summed E-state index contributed by atoms with van der Waals surface area (Å²) in [6.07, 6.45) is 1.87. The first-order chi connectivity index (χ1) is 14.2. The molecule has 0 aliphatic carbocycles. The van der Waals surface area contributed by atoms with Crippen LogP contribution in [0.25, 0.3) is 33.2 Å². The lowest BCUT2D eigenvalue weighted by Crippen LogP contribution is -1.97. The predicted octanol–water partition coefficient (Wildman–Crippen LogP) is 6.67. The Bertz CT molecular complexity index is 1380. The minimum absolute atomic E-state index is 0.287. The van der Waals surface area contributed by atoms with E-state index in [1.807, 2.05) is 36.5 Å². The molecule has 2 heterocycles. The number of hydrogen-bond acceptors (Lipinski definition) is 3. The third-order valence-corrected chi connectivity index (χ3v) is 5.48. The lowest BCUT2D eigenvalue weighted by Gasteiger charge is -2.13. The Hall–Kier alpha value is -3.90. The molecule has 138 valence electrons. The maximum Gasteiger partial charge on any atom is 0.135 e. The van der Waals surface area contributed by atoms with Crippen molar-refractivity contribution in [3.8, 4) is 17.3 Å². The Kier molecular flexibility index (Phi) is 4.11. The lowest BCUT2D eigenvalue weighted by molar-refractivity contribution is 0.669. The van der Waals surface area contributed by atoms with Crippen LogP contribution in [0.1, 0.15) is 29.5 Å². The molecule has 0 bridgehead atoms. The number of fused-ring (bicyclic) bond motifs is 3. The van der Waals surface area contributed by atoms with Crippen LogP contribution in [0.2, 0.25) is 0 Å². The van der Waals surface area contributed by atoms with Gasteiger partial charge in [0.15, 0.2) is 0 Å². The van der Waals surface area contributed by atoms with Gasteiger partial charge < -0.3 is 4.42 Å². The third-order valence-electron chi connectivity index (χ3n) is 5.48. The highest BCUT2D eigenvalue weighted by atomic mass is 16.3. The van der Waals surface area contributed by atoms with Crippen LogP contribution >= 0.6 is 0 Å². The van der Waals surface area contributed by atoms with Gasteiger partial charge in [0.1, 0.15) is 11.2 Å². The molecule has 29 heavy (non-hydrogen) atoms. The van der Waals surface area contributed by atoms with Crippen molar-refractivity contribution in [3.05, 3.63) is 102 Å². The first-order valence-electron chi connectivity index (χ1n) is 9.60. The molecule has 5 aromatic rings. The van der Waals surface area contributed by atoms with Gasteiger partial charge in [0.05, 0.1) is 17.3 Å². The van der Waals surface area contributed by atoms with E-state index in [4.69, 9.17) is 4.42 Å². The van der Waals surface area contributed by atoms with Gasteiger partial charge in [-0.05, 0) is 59.7 Å². The van der Waals surface area contributed by atoms with Crippen molar-refractivity contribution in [1.29, 1.82) is 5.26 Å². The number of nitriles is 1. The van der Waals surface area contributed by atoms with Crippen molar-refractivity contribution in [1.82, 2.24) is 4.98 Å². The largest absolute Gasteiger partial charge is 0.456 e. The number of furan rings is 1. The Balaban J connectivity index is 1.60. The number of pyridine rings is 1. The van der Waals surface area contributed by atoms with Crippen molar-refractivity contribution in [2.75, 3.05) is 0 Å². The summed E-state index contributed by atoms with van der Waals surface area (Å²) in [6.45, 7) is 2.21. The summed E-state index contributed by atoms with van der Waals surface area (Å²) in [5.74, 6) is 0.287. The number of aromatic nitrogens is 1. The SMILES string of the molecule is CC(c1ccccc1)c1ccnc(-c2ccc3oc4ccc(C#N)cc4c3c2)c1. The smallest absolute Gasteiger partial charge is 0.135 e. The molecule has 0 N–H and O–H groups in total. The number of nitrogens with zero attached hydrogens (tertiary/aromatic N) is 2. The van der Waals surface area contributed by atoms with Crippen LogP contribution in [0.15, 0.2) is 89.5 Å². The van der Waals surface area contributed by atoms with E-state index < -0.39 is 0 Å². The summed E-state index contributed by atoms with van der Waals surface area (Å²) in [5, 5.41) is 11.2. The molecule has 1 unspecified atom stereocenters. The fraction of sp³-hybridized carbons (Fsp3) is 0.0769. The zero-order chi connectivity index (χ0) is 19.8. The molecule has 0 aliphatic heterocycles. The molecular formula is C26H18N2O. The topological polar surface area (TPSA) is 49.8 Å². The second kappa shape index (κ2) is 6.92. The fourth-order valence-corrected chi connectivity index (χ4v) is 3.81. The van der Waals surface area contributed by atoms with E-state index in [1.54, 1.807) is 6.07 Å². The molecule has 3 aromatic carbocycles. The number of benzene rings is 3. The quantitative estimate of drug-likeness (QED) is 0.354. The van der Waals surface area contributed by atoms with Gasteiger partial charge in [0.2, 0.25) is 0 Å². The minimum Gasteiger partial charge on any atom is -0.456 e. The van der Waals surface area contributed by atoms with Crippen LogP contribution in [-0.4, -0.2) is 4.98 Å². The first kappa shape index (κ1) is 17.2. The van der Waals surface area contributed by atoms with E-state index in [9.17, 15) is 5.26 Å². The van der Waals surface area contributed by atoms with Crippen molar-refractivity contribution < 1.29 is 4.42 Å². The third kappa shape index (κ3) is 3.05. The lowest BCUT2D eigenvalue weighted by atomic mass is 9.92. The van der Waals surface area contributed by atoms with Crippen LogP contribution in [0, 0.1) is 11.3 Å². The van der Waals surface area contributed by atoms with Gasteiger partial charge in [-0.25, -0.2) is 0 Å². The van der Waals surface area contributed by atoms with Crippen LogP contribution in [-0.2, 0) is 0 Å². The molecule has 0 aliphatic rings. The molecular weight excluding hydrogens is 356 g/mol. The second-order valence-electron chi connectivity index (χ2n) is 7.24. The van der Waals surface area contributed by atoms with Gasteiger partial charge in [-0.2, -0.15) is 5.26 Å². The maximum atomic E-state index is 9.23. The standard InChI is InChI=1S/C26H18N2O/c1-17(19-5-3-2-4-6-19)20-11-12-28-24(15-20)21-8-10-26-23(14-21)22-13-18(16-27)7-9-25(22)29-26/h2-15,17H,1H3. The molecule has 5 rings (SSSR count). The number of rotatable bonds is 3. The van der Waals surface area contributed by atoms with Gasteiger partial charge >= 0.3 is 0 Å². The molecule has 0 saturated heterocycles. The van der Waals surface area contributed by atoms with Crippen LogP contribution < -0.4 is 0 Å². The second-order valence-corrected chi connectivity index (χ2v) is 7.24. The molecule has 0 amide bonds. The molecule has 0 fully saturated rings. The Morgan fingerprint density at radius 1 is 0.828 bits per heavy atom. The average molecular weight is 374 g/mol. The molecule has 3 nitrogen and oxygen atoms in total. The highest BCUT2D eigenvalue weighted by molar-refractivity contribution is 6.06. The molecule has 0 spiro atoms. The molecule has 3 heteroatoms. The highest BCUT2D eigenvalue weighted by Crippen LogP contribution is 2.33. The summed E-state index contributed by atoms with van der Waals surface area (Å²) in [7, 11) is 0. The minimum atomic E-state index is 0.287.